The Morgan fingerprint density at radius 1 is 1.30 bits per heavy atom. The highest BCUT2D eigenvalue weighted by atomic mass is 35.5. The highest BCUT2D eigenvalue weighted by Crippen LogP contribution is 2.36. The van der Waals surface area contributed by atoms with E-state index in [-0.39, 0.29) is 17.3 Å². The van der Waals surface area contributed by atoms with Crippen molar-refractivity contribution in [3.8, 4) is 11.5 Å². The van der Waals surface area contributed by atoms with Crippen molar-refractivity contribution in [3.05, 3.63) is 27.6 Å². The summed E-state index contributed by atoms with van der Waals surface area (Å²) >= 11 is 7.25. The first-order valence-corrected chi connectivity index (χ1v) is 9.34. The molecule has 1 heterocycles. The van der Waals surface area contributed by atoms with E-state index in [1.165, 1.54) is 18.8 Å². The zero-order valence-electron chi connectivity index (χ0n) is 15.2. The molecule has 0 fully saturated rings. The quantitative estimate of drug-likeness (QED) is 0.450. The zero-order valence-corrected chi connectivity index (χ0v) is 16.8. The Bertz CT molecular complexity index is 839. The van der Waals surface area contributed by atoms with Gasteiger partial charge in [-0.15, -0.1) is 5.10 Å². The molecule has 148 valence electrons. The third kappa shape index (κ3) is 5.65. The van der Waals surface area contributed by atoms with E-state index in [1.54, 1.807) is 19.2 Å². The number of anilines is 1. The SMILES string of the molecule is COCCCn1c(SCC(=O)Nc2cc(Cl)c(OC)cc2OC)n[nH]c1=O. The number of thioether (sulfide) groups is 1. The summed E-state index contributed by atoms with van der Waals surface area (Å²) in [7, 11) is 4.57. The second-order valence-corrected chi connectivity index (χ2v) is 6.68. The van der Waals surface area contributed by atoms with Crippen molar-refractivity contribution < 1.29 is 19.0 Å². The molecule has 0 unspecified atom stereocenters. The van der Waals surface area contributed by atoms with Crippen LogP contribution in [0, 0.1) is 0 Å². The molecule has 9 nitrogen and oxygen atoms in total. The summed E-state index contributed by atoms with van der Waals surface area (Å²) in [5.74, 6) is 0.628. The number of carbonyl (C=O) groups excluding carboxylic acids is 1. The number of benzene rings is 1. The molecule has 0 saturated heterocycles. The Hall–Kier alpha value is -2.17. The number of hydrogen-bond donors (Lipinski definition) is 2. The van der Waals surface area contributed by atoms with Crippen LogP contribution < -0.4 is 20.5 Å². The third-order valence-corrected chi connectivity index (χ3v) is 4.81. The van der Waals surface area contributed by atoms with Gasteiger partial charge in [-0.3, -0.25) is 9.36 Å². The minimum Gasteiger partial charge on any atom is -0.495 e. The molecule has 0 spiro atoms. The van der Waals surface area contributed by atoms with E-state index in [4.69, 9.17) is 25.8 Å². The van der Waals surface area contributed by atoms with Crippen molar-refractivity contribution in [3.63, 3.8) is 0 Å². The molecule has 11 heteroatoms. The van der Waals surface area contributed by atoms with E-state index in [0.29, 0.717) is 46.9 Å². The number of hydrogen-bond acceptors (Lipinski definition) is 7. The van der Waals surface area contributed by atoms with E-state index >= 15 is 0 Å². The molecule has 2 aromatic rings. The predicted molar refractivity (Wildman–Crippen MR) is 103 cm³/mol. The van der Waals surface area contributed by atoms with Crippen molar-refractivity contribution in [1.29, 1.82) is 0 Å². The van der Waals surface area contributed by atoms with Gasteiger partial charge in [-0.05, 0) is 12.5 Å². The first-order valence-electron chi connectivity index (χ1n) is 7.98. The molecule has 1 amide bonds. The van der Waals surface area contributed by atoms with E-state index < -0.39 is 0 Å². The summed E-state index contributed by atoms with van der Waals surface area (Å²) in [6.07, 6.45) is 0.664. The second-order valence-electron chi connectivity index (χ2n) is 5.33. The van der Waals surface area contributed by atoms with E-state index in [9.17, 15) is 9.59 Å². The van der Waals surface area contributed by atoms with Crippen molar-refractivity contribution in [2.75, 3.05) is 39.0 Å². The molecule has 2 N–H and O–H groups in total. The Balaban J connectivity index is 2.01. The highest BCUT2D eigenvalue weighted by Gasteiger charge is 2.15. The van der Waals surface area contributed by atoms with Crippen LogP contribution in [0.15, 0.2) is 22.1 Å². The van der Waals surface area contributed by atoms with Crippen LogP contribution in [0.25, 0.3) is 0 Å². The van der Waals surface area contributed by atoms with E-state index in [1.807, 2.05) is 0 Å². The monoisotopic (exact) mass is 416 g/mol. The number of aromatic nitrogens is 3. The van der Waals surface area contributed by atoms with Gasteiger partial charge in [0.15, 0.2) is 5.16 Å². The zero-order chi connectivity index (χ0) is 19.8. The second kappa shape index (κ2) is 10.2. The minimum absolute atomic E-state index is 0.0569. The number of amides is 1. The molecule has 1 aromatic heterocycles. The summed E-state index contributed by atoms with van der Waals surface area (Å²) in [5, 5.41) is 9.85. The van der Waals surface area contributed by atoms with E-state index in [0.717, 1.165) is 11.8 Å². The number of ether oxygens (including phenoxy) is 3. The summed E-state index contributed by atoms with van der Waals surface area (Å²) in [4.78, 5) is 24.1. The lowest BCUT2D eigenvalue weighted by molar-refractivity contribution is -0.113. The largest absolute Gasteiger partial charge is 0.495 e. The van der Waals surface area contributed by atoms with Gasteiger partial charge < -0.3 is 19.5 Å². The minimum atomic E-state index is -0.322. The molecule has 1 aromatic carbocycles. The van der Waals surface area contributed by atoms with Gasteiger partial charge in [0, 0.05) is 26.3 Å². The van der Waals surface area contributed by atoms with Gasteiger partial charge in [-0.25, -0.2) is 9.89 Å². The maximum absolute atomic E-state index is 12.3. The number of aromatic amines is 1. The Morgan fingerprint density at radius 3 is 2.70 bits per heavy atom. The number of carbonyl (C=O) groups is 1. The summed E-state index contributed by atoms with van der Waals surface area (Å²) in [5.41, 5.74) is 0.103. The van der Waals surface area contributed by atoms with Crippen LogP contribution in [0.4, 0.5) is 5.69 Å². The standard InChI is InChI=1S/C16H21ClN4O5S/c1-24-6-4-5-21-15(23)19-20-16(21)27-9-14(22)18-11-7-10(17)12(25-2)8-13(11)26-3/h7-8H,4-6,9H2,1-3H3,(H,18,22)(H,19,23). The third-order valence-electron chi connectivity index (χ3n) is 3.53. The molecule has 0 aliphatic heterocycles. The Kier molecular flexibility index (Phi) is 8.01. The number of nitrogens with one attached hydrogen (secondary N) is 2. The molecule has 2 rings (SSSR count). The molecule has 0 bridgehead atoms. The first kappa shape index (κ1) is 21.1. The normalized spacial score (nSPS) is 10.7. The van der Waals surface area contributed by atoms with Crippen LogP contribution in [0.3, 0.4) is 0 Å². The average molecular weight is 417 g/mol. The van der Waals surface area contributed by atoms with Gasteiger partial charge in [0.05, 0.1) is 30.7 Å². The molecule has 27 heavy (non-hydrogen) atoms. The molecule has 0 radical (unpaired) electrons. The maximum atomic E-state index is 12.3. The van der Waals surface area contributed by atoms with Crippen molar-refractivity contribution >= 4 is 35.0 Å². The van der Waals surface area contributed by atoms with Gasteiger partial charge in [0.1, 0.15) is 11.5 Å². The van der Waals surface area contributed by atoms with Crippen LogP contribution >= 0.6 is 23.4 Å². The summed E-state index contributed by atoms with van der Waals surface area (Å²) in [6, 6.07) is 3.14. The molecular weight excluding hydrogens is 396 g/mol. The fraction of sp³-hybridized carbons (Fsp3) is 0.438. The van der Waals surface area contributed by atoms with Gasteiger partial charge in [-0.2, -0.15) is 0 Å². The first-order chi connectivity index (χ1) is 13.0. The van der Waals surface area contributed by atoms with Crippen LogP contribution in [-0.2, 0) is 16.1 Å². The van der Waals surface area contributed by atoms with E-state index in [2.05, 4.69) is 15.5 Å². The van der Waals surface area contributed by atoms with Gasteiger partial charge in [0.2, 0.25) is 5.91 Å². The lowest BCUT2D eigenvalue weighted by Gasteiger charge is -2.13. The van der Waals surface area contributed by atoms with Crippen molar-refractivity contribution in [1.82, 2.24) is 14.8 Å². The molecule has 0 aliphatic carbocycles. The summed E-state index contributed by atoms with van der Waals surface area (Å²) in [6.45, 7) is 0.981. The lowest BCUT2D eigenvalue weighted by Crippen LogP contribution is -2.19. The van der Waals surface area contributed by atoms with Gasteiger partial charge in [0.25, 0.3) is 0 Å². The van der Waals surface area contributed by atoms with Crippen LogP contribution in [0.5, 0.6) is 11.5 Å². The van der Waals surface area contributed by atoms with Crippen LogP contribution in [-0.4, -0.2) is 54.4 Å². The van der Waals surface area contributed by atoms with Crippen LogP contribution in [0.2, 0.25) is 5.02 Å². The molecule has 0 atom stereocenters. The highest BCUT2D eigenvalue weighted by molar-refractivity contribution is 7.99. The number of methoxy groups -OCH3 is 3. The number of rotatable bonds is 10. The number of halogens is 1. The Labute approximate surface area is 165 Å². The molecule has 0 aliphatic rings. The molecule has 0 saturated carbocycles. The number of nitrogens with zero attached hydrogens (tertiary/aromatic N) is 2. The summed E-state index contributed by atoms with van der Waals surface area (Å²) < 4.78 is 16.8. The average Bonchev–Trinajstić information content (AvgIpc) is 3.00. The van der Waals surface area contributed by atoms with Crippen molar-refractivity contribution in [2.45, 2.75) is 18.1 Å². The predicted octanol–water partition coefficient (Wildman–Crippen LogP) is 2.01. The Morgan fingerprint density at radius 2 is 2.04 bits per heavy atom. The maximum Gasteiger partial charge on any atom is 0.343 e. The van der Waals surface area contributed by atoms with Gasteiger partial charge >= 0.3 is 5.69 Å². The molecular formula is C16H21ClN4O5S. The van der Waals surface area contributed by atoms with Crippen LogP contribution in [0.1, 0.15) is 6.42 Å². The topological polar surface area (TPSA) is 107 Å². The lowest BCUT2D eigenvalue weighted by atomic mass is 10.2. The fourth-order valence-corrected chi connectivity index (χ4v) is 3.27. The van der Waals surface area contributed by atoms with Crippen molar-refractivity contribution in [2.24, 2.45) is 0 Å². The van der Waals surface area contributed by atoms with Gasteiger partial charge in [-0.1, -0.05) is 23.4 Å². The fourth-order valence-electron chi connectivity index (χ4n) is 2.25. The number of H-pyrrole nitrogens is 1. The smallest absolute Gasteiger partial charge is 0.343 e.